The molecule has 1 aromatic rings. The summed E-state index contributed by atoms with van der Waals surface area (Å²) in [5, 5.41) is 6.22. The average Bonchev–Trinajstić information content (AvgIpc) is 2.79. The van der Waals surface area contributed by atoms with E-state index < -0.39 is 5.79 Å². The van der Waals surface area contributed by atoms with Gasteiger partial charge in [-0.15, -0.1) is 0 Å². The Bertz CT molecular complexity index is 686. The normalized spacial score (nSPS) is 34.5. The minimum Gasteiger partial charge on any atom is -0.381 e. The van der Waals surface area contributed by atoms with Gasteiger partial charge in [0.2, 0.25) is 0 Å². The molecule has 2 saturated heterocycles. The van der Waals surface area contributed by atoms with Crippen LogP contribution >= 0.6 is 0 Å². The molecule has 2 N–H and O–H groups in total. The summed E-state index contributed by atoms with van der Waals surface area (Å²) in [6.07, 6.45) is -0.809. The topological polar surface area (TPSA) is 86.6 Å². The highest BCUT2D eigenvalue weighted by Gasteiger charge is 2.56. The molecule has 4 rings (SSSR count). The zero-order valence-corrected chi connectivity index (χ0v) is 13.0. The Balaban J connectivity index is 1.79. The molecule has 4 heterocycles. The van der Waals surface area contributed by atoms with Gasteiger partial charge < -0.3 is 29.4 Å². The van der Waals surface area contributed by atoms with Crippen LogP contribution in [0.4, 0.5) is 11.5 Å². The Morgan fingerprint density at radius 3 is 2.82 bits per heavy atom. The Morgan fingerprint density at radius 1 is 1.36 bits per heavy atom. The zero-order chi connectivity index (χ0) is 15.6. The van der Waals surface area contributed by atoms with Gasteiger partial charge in [0.1, 0.15) is 35.6 Å². The molecule has 0 aromatic carbocycles. The Hall–Kier alpha value is -1.64. The van der Waals surface area contributed by atoms with Gasteiger partial charge in [0, 0.05) is 7.05 Å². The summed E-state index contributed by atoms with van der Waals surface area (Å²) in [6, 6.07) is 0. The molecule has 2 bridgehead atoms. The van der Waals surface area contributed by atoms with Crippen LogP contribution in [0.2, 0.25) is 0 Å². The van der Waals surface area contributed by atoms with Gasteiger partial charge >= 0.3 is 0 Å². The zero-order valence-electron chi connectivity index (χ0n) is 13.0. The molecular weight excluding hydrogens is 288 g/mol. The van der Waals surface area contributed by atoms with Gasteiger partial charge in [0.05, 0.1) is 6.54 Å². The van der Waals surface area contributed by atoms with Crippen LogP contribution < -0.4 is 16.2 Å². The van der Waals surface area contributed by atoms with E-state index in [4.69, 9.17) is 14.2 Å². The van der Waals surface area contributed by atoms with Crippen LogP contribution in [0, 0.1) is 6.92 Å². The summed E-state index contributed by atoms with van der Waals surface area (Å²) in [4.78, 5) is 16.1. The second kappa shape index (κ2) is 4.43. The van der Waals surface area contributed by atoms with Crippen molar-refractivity contribution >= 4 is 11.5 Å². The van der Waals surface area contributed by atoms with Crippen LogP contribution in [0.1, 0.15) is 19.7 Å². The van der Waals surface area contributed by atoms with Gasteiger partial charge in [-0.2, -0.15) is 4.98 Å². The molecule has 0 spiro atoms. The minimum absolute atomic E-state index is 0.127. The highest BCUT2D eigenvalue weighted by Crippen LogP contribution is 2.41. The van der Waals surface area contributed by atoms with Crippen molar-refractivity contribution in [3.05, 3.63) is 16.2 Å². The van der Waals surface area contributed by atoms with Crippen molar-refractivity contribution in [1.82, 2.24) is 9.55 Å². The van der Waals surface area contributed by atoms with Crippen molar-refractivity contribution in [2.45, 2.75) is 57.6 Å². The smallest absolute Gasteiger partial charge is 0.298 e. The molecular formula is C14H20N4O4. The first kappa shape index (κ1) is 14.0. The van der Waals surface area contributed by atoms with Crippen molar-refractivity contribution in [3.8, 4) is 0 Å². The first-order chi connectivity index (χ1) is 10.4. The van der Waals surface area contributed by atoms with Crippen molar-refractivity contribution in [1.29, 1.82) is 0 Å². The number of aromatic nitrogens is 2. The fraction of sp³-hybridized carbons (Fsp3) is 0.714. The largest absolute Gasteiger partial charge is 0.381 e. The number of anilines is 2. The van der Waals surface area contributed by atoms with Crippen LogP contribution in [0.5, 0.6) is 0 Å². The van der Waals surface area contributed by atoms with E-state index in [2.05, 4.69) is 15.6 Å². The molecule has 0 amide bonds. The van der Waals surface area contributed by atoms with Gasteiger partial charge in [-0.05, 0) is 20.8 Å². The van der Waals surface area contributed by atoms with Crippen molar-refractivity contribution in [2.75, 3.05) is 17.7 Å². The molecule has 120 valence electrons. The summed E-state index contributed by atoms with van der Waals surface area (Å²) in [6.45, 7) is 6.18. The number of hydrogen-bond acceptors (Lipinski definition) is 7. The molecule has 0 radical (unpaired) electrons. The molecule has 3 aliphatic rings. The number of rotatable bonds is 1. The monoisotopic (exact) mass is 308 g/mol. The summed E-state index contributed by atoms with van der Waals surface area (Å²) in [5.41, 5.74) is 0.161. The van der Waals surface area contributed by atoms with E-state index in [1.54, 1.807) is 7.05 Å². The molecule has 8 heteroatoms. The molecule has 0 saturated carbocycles. The van der Waals surface area contributed by atoms with Gasteiger partial charge in [-0.1, -0.05) is 0 Å². The van der Waals surface area contributed by atoms with Gasteiger partial charge in [-0.3, -0.25) is 4.79 Å². The maximum Gasteiger partial charge on any atom is 0.298 e. The summed E-state index contributed by atoms with van der Waals surface area (Å²) >= 11 is 0. The standard InChI is InChI=1S/C14H20N4O4/c1-6-16-12(19)8(15-4)11-17-13-10-9(21-14(2,3)22-10)7(20-13)5-18(6)11/h7,9-10,13,15,17H,5H2,1-4H3/t7-,9+,10?,13-/m1/s1. The van der Waals surface area contributed by atoms with Crippen LogP contribution in [0.3, 0.4) is 0 Å². The van der Waals surface area contributed by atoms with Gasteiger partial charge in [-0.25, -0.2) is 0 Å². The van der Waals surface area contributed by atoms with E-state index in [9.17, 15) is 4.79 Å². The molecule has 2 fully saturated rings. The van der Waals surface area contributed by atoms with E-state index in [1.165, 1.54) is 0 Å². The van der Waals surface area contributed by atoms with Gasteiger partial charge in [0.15, 0.2) is 12.0 Å². The maximum atomic E-state index is 12.1. The van der Waals surface area contributed by atoms with Crippen molar-refractivity contribution in [3.63, 3.8) is 0 Å². The Labute approximate surface area is 127 Å². The highest BCUT2D eigenvalue weighted by molar-refractivity contribution is 5.64. The predicted octanol–water partition coefficient (Wildman–Crippen LogP) is 0.264. The lowest BCUT2D eigenvalue weighted by Crippen LogP contribution is -2.39. The van der Waals surface area contributed by atoms with Crippen LogP contribution in [0.25, 0.3) is 0 Å². The van der Waals surface area contributed by atoms with E-state index in [0.29, 0.717) is 23.9 Å². The Kier molecular flexibility index (Phi) is 2.82. The molecule has 0 aliphatic carbocycles. The van der Waals surface area contributed by atoms with Crippen LogP contribution in [0.15, 0.2) is 4.79 Å². The number of ether oxygens (including phenoxy) is 3. The number of aryl methyl sites for hydroxylation is 1. The summed E-state index contributed by atoms with van der Waals surface area (Å²) in [7, 11) is 1.71. The first-order valence-electron chi connectivity index (χ1n) is 7.46. The van der Waals surface area contributed by atoms with Crippen LogP contribution in [-0.4, -0.2) is 46.9 Å². The first-order valence-corrected chi connectivity index (χ1v) is 7.46. The average molecular weight is 308 g/mol. The number of nitrogens with zero attached hydrogens (tertiary/aromatic N) is 2. The number of nitrogens with one attached hydrogen (secondary N) is 2. The third-order valence-electron chi connectivity index (χ3n) is 4.42. The molecule has 4 atom stereocenters. The second-order valence-corrected chi connectivity index (χ2v) is 6.35. The second-order valence-electron chi connectivity index (χ2n) is 6.35. The third kappa shape index (κ3) is 1.87. The number of hydrogen-bond donors (Lipinski definition) is 2. The molecule has 8 nitrogen and oxygen atoms in total. The van der Waals surface area contributed by atoms with E-state index in [0.717, 1.165) is 0 Å². The lowest BCUT2D eigenvalue weighted by atomic mass is 10.1. The molecule has 3 aliphatic heterocycles. The van der Waals surface area contributed by atoms with Crippen LogP contribution in [-0.2, 0) is 20.8 Å². The Morgan fingerprint density at radius 2 is 2.09 bits per heavy atom. The quantitative estimate of drug-likeness (QED) is 0.769. The van der Waals surface area contributed by atoms with Crippen molar-refractivity contribution in [2.24, 2.45) is 0 Å². The van der Waals surface area contributed by atoms with Gasteiger partial charge in [0.25, 0.3) is 5.56 Å². The SMILES string of the molecule is CNc1c2n(c(C)nc1=O)C[C@H]1O[C@@H](N2)C2OC(C)(C)O[C@H]21. The van der Waals surface area contributed by atoms with Crippen molar-refractivity contribution < 1.29 is 14.2 Å². The highest BCUT2D eigenvalue weighted by atomic mass is 16.8. The minimum atomic E-state index is -0.624. The van der Waals surface area contributed by atoms with E-state index >= 15 is 0 Å². The molecule has 1 unspecified atom stereocenters. The lowest BCUT2D eigenvalue weighted by molar-refractivity contribution is -0.184. The molecule has 1 aromatic heterocycles. The summed E-state index contributed by atoms with van der Waals surface area (Å²) in [5.74, 6) is 0.720. The third-order valence-corrected chi connectivity index (χ3v) is 4.42. The predicted molar refractivity (Wildman–Crippen MR) is 78.9 cm³/mol. The number of fused-ring (bicyclic) bond motifs is 6. The summed E-state index contributed by atoms with van der Waals surface area (Å²) < 4.78 is 19.9. The fourth-order valence-corrected chi connectivity index (χ4v) is 3.52. The van der Waals surface area contributed by atoms with E-state index in [1.807, 2.05) is 25.3 Å². The lowest BCUT2D eigenvalue weighted by Gasteiger charge is -2.24. The van der Waals surface area contributed by atoms with E-state index in [-0.39, 0.29) is 30.1 Å². The fourth-order valence-electron chi connectivity index (χ4n) is 3.52. The maximum absolute atomic E-state index is 12.1. The molecule has 22 heavy (non-hydrogen) atoms.